The van der Waals surface area contributed by atoms with E-state index in [-0.39, 0.29) is 24.6 Å². The van der Waals surface area contributed by atoms with Gasteiger partial charge in [-0.15, -0.1) is 22.0 Å². The fourth-order valence-corrected chi connectivity index (χ4v) is 6.56. The molecule has 37 heavy (non-hydrogen) atoms. The molecule has 5 N–H and O–H groups in total. The minimum Gasteiger partial charge on any atom is -0.477 e. The largest absolute Gasteiger partial charge is 0.490 e. The number of benzene rings is 1. The third-order valence-corrected chi connectivity index (χ3v) is 8.28. The number of rotatable bonds is 7. The zero-order chi connectivity index (χ0) is 27.3. The van der Waals surface area contributed by atoms with Crippen molar-refractivity contribution < 1.29 is 42.6 Å². The van der Waals surface area contributed by atoms with Crippen molar-refractivity contribution >= 4 is 58.6 Å². The summed E-state index contributed by atoms with van der Waals surface area (Å²) in [5, 5.41) is 27.7. The number of nitrogens with one attached hydrogen (secondary N) is 1. The molecule has 1 saturated heterocycles. The standard InChI is InChI=1S/C18H17N5O4S3.C2HF3O2/c19-7-12-21-22-18(30-12)29-10-8-28-16-13(15(25)23(16)14(10)17(26)27)20-11(24)6-9-4-2-1-3-5-9;3-2(4,5)1(6)7/h1-5,13,16H,6-8,19H2,(H,20,24)(H,26,27);(H,6,7)/t13-,16+;/m1./s1. The predicted octanol–water partition coefficient (Wildman–Crippen LogP) is 1.66. The molecule has 198 valence electrons. The first-order valence-corrected chi connectivity index (χ1v) is 12.8. The van der Waals surface area contributed by atoms with Gasteiger partial charge in [-0.25, -0.2) is 9.59 Å². The topological polar surface area (TPSA) is 176 Å². The van der Waals surface area contributed by atoms with E-state index < -0.39 is 35.4 Å². The molecular formula is C20H18F3N5O6S3. The van der Waals surface area contributed by atoms with E-state index >= 15 is 0 Å². The molecule has 1 aromatic carbocycles. The van der Waals surface area contributed by atoms with E-state index in [1.807, 2.05) is 30.3 Å². The number of carbonyl (C=O) groups excluding carboxylic acids is 2. The van der Waals surface area contributed by atoms with Crippen LogP contribution in [0.25, 0.3) is 0 Å². The Labute approximate surface area is 219 Å². The van der Waals surface area contributed by atoms with Crippen LogP contribution in [0.15, 0.2) is 45.3 Å². The van der Waals surface area contributed by atoms with Gasteiger partial charge in [0.2, 0.25) is 5.91 Å². The molecule has 2 atom stereocenters. The molecule has 11 nitrogen and oxygen atoms in total. The van der Waals surface area contributed by atoms with Crippen molar-refractivity contribution in [3.05, 3.63) is 51.5 Å². The van der Waals surface area contributed by atoms with Crippen LogP contribution in [0.4, 0.5) is 13.2 Å². The highest BCUT2D eigenvalue weighted by atomic mass is 32.2. The predicted molar refractivity (Wildman–Crippen MR) is 127 cm³/mol. The summed E-state index contributed by atoms with van der Waals surface area (Å²) >= 11 is 3.89. The van der Waals surface area contributed by atoms with E-state index in [2.05, 4.69) is 15.5 Å². The number of amides is 2. The minimum atomic E-state index is -5.08. The number of nitrogens with two attached hydrogens (primary N) is 1. The number of halogens is 3. The van der Waals surface area contributed by atoms with Gasteiger partial charge in [-0.3, -0.25) is 14.5 Å². The summed E-state index contributed by atoms with van der Waals surface area (Å²) in [6, 6.07) is 8.48. The van der Waals surface area contributed by atoms with E-state index in [1.165, 1.54) is 39.8 Å². The number of hydrogen-bond acceptors (Lipinski definition) is 10. The van der Waals surface area contributed by atoms with Crippen LogP contribution >= 0.6 is 34.9 Å². The lowest BCUT2D eigenvalue weighted by Gasteiger charge is -2.49. The van der Waals surface area contributed by atoms with E-state index in [0.29, 0.717) is 20.0 Å². The molecule has 2 aliphatic rings. The summed E-state index contributed by atoms with van der Waals surface area (Å²) in [7, 11) is 0. The van der Waals surface area contributed by atoms with Gasteiger partial charge in [-0.1, -0.05) is 53.4 Å². The molecular weight excluding hydrogens is 559 g/mol. The second kappa shape index (κ2) is 11.9. The van der Waals surface area contributed by atoms with Gasteiger partial charge in [0, 0.05) is 17.2 Å². The van der Waals surface area contributed by atoms with Gasteiger partial charge < -0.3 is 21.3 Å². The average Bonchev–Trinajstić information content (AvgIpc) is 3.30. The van der Waals surface area contributed by atoms with Gasteiger partial charge in [0.05, 0.1) is 6.42 Å². The number of alkyl halides is 3. The van der Waals surface area contributed by atoms with Crippen molar-refractivity contribution in [2.24, 2.45) is 5.73 Å². The zero-order valence-corrected chi connectivity index (χ0v) is 20.9. The van der Waals surface area contributed by atoms with E-state index in [1.54, 1.807) is 0 Å². The smallest absolute Gasteiger partial charge is 0.477 e. The normalized spacial score (nSPS) is 18.8. The van der Waals surface area contributed by atoms with Crippen LogP contribution in [0.2, 0.25) is 0 Å². The third-order valence-electron chi connectivity index (χ3n) is 4.74. The molecule has 1 aromatic heterocycles. The summed E-state index contributed by atoms with van der Waals surface area (Å²) < 4.78 is 32.3. The first kappa shape index (κ1) is 28.4. The van der Waals surface area contributed by atoms with Crippen LogP contribution in [0.1, 0.15) is 10.6 Å². The Hall–Kier alpha value is -3.15. The number of β-lactam (4-membered cyclic amide) rings is 1. The molecule has 0 aliphatic carbocycles. The van der Waals surface area contributed by atoms with Gasteiger partial charge in [-0.2, -0.15) is 13.2 Å². The average molecular weight is 578 g/mol. The highest BCUT2D eigenvalue weighted by Crippen LogP contribution is 2.45. The number of nitrogens with zero attached hydrogens (tertiary/aromatic N) is 3. The summed E-state index contributed by atoms with van der Waals surface area (Å²) in [6.07, 6.45) is -4.93. The summed E-state index contributed by atoms with van der Waals surface area (Å²) in [6.45, 7) is 0.259. The van der Waals surface area contributed by atoms with E-state index in [0.717, 1.165) is 5.56 Å². The van der Waals surface area contributed by atoms with Crippen LogP contribution < -0.4 is 11.1 Å². The molecule has 1 fully saturated rings. The zero-order valence-electron chi connectivity index (χ0n) is 18.5. The fourth-order valence-electron chi connectivity index (χ4n) is 3.14. The summed E-state index contributed by atoms with van der Waals surface area (Å²) in [5.74, 6) is -4.25. The van der Waals surface area contributed by atoms with Gasteiger partial charge in [0.25, 0.3) is 5.91 Å². The maximum Gasteiger partial charge on any atom is 0.490 e. The number of fused-ring (bicyclic) bond motifs is 1. The van der Waals surface area contributed by atoms with Crippen LogP contribution in [-0.4, -0.2) is 72.4 Å². The molecule has 2 amide bonds. The van der Waals surface area contributed by atoms with Gasteiger partial charge in [0.1, 0.15) is 22.1 Å². The molecule has 17 heteroatoms. The lowest BCUT2D eigenvalue weighted by atomic mass is 10.0. The lowest BCUT2D eigenvalue weighted by molar-refractivity contribution is -0.192. The van der Waals surface area contributed by atoms with Crippen LogP contribution in [0.3, 0.4) is 0 Å². The Balaban J connectivity index is 0.000000479. The number of carbonyl (C=O) groups is 4. The van der Waals surface area contributed by atoms with Crippen LogP contribution in [-0.2, 0) is 32.1 Å². The fraction of sp³-hybridized carbons (Fsp3) is 0.300. The second-order valence-corrected chi connectivity index (χ2v) is 10.8. The molecule has 2 aromatic rings. The second-order valence-electron chi connectivity index (χ2n) is 7.27. The molecule has 2 aliphatic heterocycles. The van der Waals surface area contributed by atoms with Crippen LogP contribution in [0, 0.1) is 0 Å². The molecule has 0 spiro atoms. The van der Waals surface area contributed by atoms with Crippen molar-refractivity contribution in [3.8, 4) is 0 Å². The SMILES string of the molecule is NCc1nnc(SC2=C(C(=O)O)N3C(=O)[C@@H](NC(=O)Cc4ccccc4)[C@@H]3SC2)s1.O=C(O)C(F)(F)F. The Kier molecular flexibility index (Phi) is 9.16. The van der Waals surface area contributed by atoms with Crippen LogP contribution in [0.5, 0.6) is 0 Å². The Bertz CT molecular complexity index is 1220. The monoisotopic (exact) mass is 577 g/mol. The number of carboxylic acids is 2. The molecule has 0 radical (unpaired) electrons. The van der Waals surface area contributed by atoms with E-state index in [9.17, 15) is 32.7 Å². The number of carboxylic acid groups (broad SMARTS) is 2. The first-order valence-electron chi connectivity index (χ1n) is 10.2. The summed E-state index contributed by atoms with van der Waals surface area (Å²) in [5.41, 5.74) is 6.32. The van der Waals surface area contributed by atoms with Crippen molar-refractivity contribution in [2.75, 3.05) is 5.75 Å². The molecule has 0 unspecified atom stereocenters. The number of aromatic nitrogens is 2. The number of thioether (sulfide) groups is 2. The summed E-state index contributed by atoms with van der Waals surface area (Å²) in [4.78, 5) is 47.6. The Morgan fingerprint density at radius 2 is 1.84 bits per heavy atom. The van der Waals surface area contributed by atoms with Crippen molar-refractivity contribution in [1.29, 1.82) is 0 Å². The van der Waals surface area contributed by atoms with Gasteiger partial charge in [0.15, 0.2) is 4.34 Å². The molecule has 4 rings (SSSR count). The van der Waals surface area contributed by atoms with Gasteiger partial charge in [-0.05, 0) is 5.56 Å². The minimum absolute atomic E-state index is 0.0631. The molecule has 0 bridgehead atoms. The van der Waals surface area contributed by atoms with E-state index in [4.69, 9.17) is 15.6 Å². The highest BCUT2D eigenvalue weighted by molar-refractivity contribution is 8.07. The first-order chi connectivity index (χ1) is 17.4. The molecule has 3 heterocycles. The third kappa shape index (κ3) is 7.00. The highest BCUT2D eigenvalue weighted by Gasteiger charge is 2.54. The number of hydrogen-bond donors (Lipinski definition) is 4. The maximum absolute atomic E-state index is 12.7. The lowest BCUT2D eigenvalue weighted by Crippen LogP contribution is -2.70. The Morgan fingerprint density at radius 3 is 2.38 bits per heavy atom. The maximum atomic E-state index is 12.7. The molecule has 0 saturated carbocycles. The quantitative estimate of drug-likeness (QED) is 0.352. The van der Waals surface area contributed by atoms with Gasteiger partial charge >= 0.3 is 18.1 Å². The number of aliphatic carboxylic acids is 2. The Morgan fingerprint density at radius 1 is 1.19 bits per heavy atom. The van der Waals surface area contributed by atoms with Crippen molar-refractivity contribution in [3.63, 3.8) is 0 Å². The van der Waals surface area contributed by atoms with Crippen molar-refractivity contribution in [1.82, 2.24) is 20.4 Å². The van der Waals surface area contributed by atoms with Crippen molar-refractivity contribution in [2.45, 2.75) is 34.9 Å².